The quantitative estimate of drug-likeness (QED) is 0.287. The van der Waals surface area contributed by atoms with Gasteiger partial charge in [0.05, 0.1) is 12.2 Å². The van der Waals surface area contributed by atoms with Crippen LogP contribution in [-0.4, -0.2) is 16.3 Å². The van der Waals surface area contributed by atoms with Crippen LogP contribution in [0.4, 0.5) is 13.2 Å². The first-order valence-electron chi connectivity index (χ1n) is 11.3. The maximum absolute atomic E-state index is 12.5. The summed E-state index contributed by atoms with van der Waals surface area (Å²) in [5.41, 5.74) is 5.93. The highest BCUT2D eigenvalue weighted by atomic mass is 32.2. The third-order valence-electron chi connectivity index (χ3n) is 5.87. The third kappa shape index (κ3) is 6.65. The number of nitrogens with one attached hydrogen (secondary N) is 1. The van der Waals surface area contributed by atoms with Crippen LogP contribution in [0.2, 0.25) is 0 Å². The standard InChI is InChI=1S/C26H30F3N3OS/c1-6-16(3)18(5)34-25-17(4)24(20-11-13-21(14-12-20)33-26(27,28)29)31-23(32-25)15-30-22(7-2)19-9-8-10-19/h7,11-14,30H,2,6,8-10,15H2,1,3-5H3/b18-16+. The molecule has 0 atom stereocenters. The summed E-state index contributed by atoms with van der Waals surface area (Å²) in [5, 5.41) is 4.24. The van der Waals surface area contributed by atoms with Gasteiger partial charge in [-0.15, -0.1) is 13.2 Å². The second-order valence-electron chi connectivity index (χ2n) is 8.21. The first-order chi connectivity index (χ1) is 16.1. The van der Waals surface area contributed by atoms with Crippen LogP contribution in [0.3, 0.4) is 0 Å². The van der Waals surface area contributed by atoms with Gasteiger partial charge in [-0.1, -0.05) is 30.8 Å². The summed E-state index contributed by atoms with van der Waals surface area (Å²) in [6.45, 7) is 12.6. The minimum Gasteiger partial charge on any atom is -0.406 e. The van der Waals surface area contributed by atoms with Gasteiger partial charge in [0.15, 0.2) is 0 Å². The van der Waals surface area contributed by atoms with Crippen LogP contribution < -0.4 is 10.1 Å². The topological polar surface area (TPSA) is 47.0 Å². The summed E-state index contributed by atoms with van der Waals surface area (Å²) < 4.78 is 41.7. The Labute approximate surface area is 203 Å². The van der Waals surface area contributed by atoms with E-state index in [-0.39, 0.29) is 5.75 Å². The maximum Gasteiger partial charge on any atom is 0.573 e. The Morgan fingerprint density at radius 1 is 1.18 bits per heavy atom. The van der Waals surface area contributed by atoms with E-state index in [0.29, 0.717) is 23.6 Å². The van der Waals surface area contributed by atoms with E-state index in [9.17, 15) is 13.2 Å². The average molecular weight is 490 g/mol. The van der Waals surface area contributed by atoms with Crippen molar-refractivity contribution in [2.75, 3.05) is 0 Å². The summed E-state index contributed by atoms with van der Waals surface area (Å²) >= 11 is 1.59. The van der Waals surface area contributed by atoms with Crippen molar-refractivity contribution in [1.82, 2.24) is 15.3 Å². The zero-order valence-corrected chi connectivity index (χ0v) is 20.8. The van der Waals surface area contributed by atoms with Gasteiger partial charge in [0.2, 0.25) is 0 Å². The number of aromatic nitrogens is 2. The Morgan fingerprint density at radius 2 is 1.85 bits per heavy atom. The number of thioether (sulfide) groups is 1. The summed E-state index contributed by atoms with van der Waals surface area (Å²) in [5.74, 6) is 0.347. The SMILES string of the molecule is C=CC(NCc1nc(S/C(C)=C(\C)CC)c(C)c(-c2ccc(OC(F)(F)F)cc2)n1)=C1CCC1. The van der Waals surface area contributed by atoms with E-state index in [4.69, 9.17) is 9.97 Å². The van der Waals surface area contributed by atoms with Gasteiger partial charge in [0, 0.05) is 16.8 Å². The molecule has 1 heterocycles. The number of allylic oxidation sites excluding steroid dienone is 4. The van der Waals surface area contributed by atoms with Crippen molar-refractivity contribution in [3.05, 3.63) is 70.1 Å². The van der Waals surface area contributed by atoms with Gasteiger partial charge in [0.25, 0.3) is 0 Å². The second-order valence-corrected chi connectivity index (χ2v) is 9.41. The summed E-state index contributed by atoms with van der Waals surface area (Å²) in [6, 6.07) is 5.79. The summed E-state index contributed by atoms with van der Waals surface area (Å²) in [6.07, 6.45) is 1.38. The van der Waals surface area contributed by atoms with E-state index in [1.807, 2.05) is 13.0 Å². The second kappa shape index (κ2) is 11.1. The van der Waals surface area contributed by atoms with Crippen LogP contribution in [0, 0.1) is 6.92 Å². The van der Waals surface area contributed by atoms with Crippen molar-refractivity contribution < 1.29 is 17.9 Å². The zero-order chi connectivity index (χ0) is 24.9. The van der Waals surface area contributed by atoms with Gasteiger partial charge < -0.3 is 10.1 Å². The number of halogens is 3. The lowest BCUT2D eigenvalue weighted by atomic mass is 9.90. The van der Waals surface area contributed by atoms with E-state index in [0.717, 1.165) is 35.5 Å². The highest BCUT2D eigenvalue weighted by molar-refractivity contribution is 8.03. The molecule has 0 amide bonds. The van der Waals surface area contributed by atoms with Crippen LogP contribution in [0.1, 0.15) is 57.8 Å². The van der Waals surface area contributed by atoms with Gasteiger partial charge in [0.1, 0.15) is 16.6 Å². The van der Waals surface area contributed by atoms with Crippen LogP contribution in [0.5, 0.6) is 5.75 Å². The molecule has 1 aliphatic rings. The molecule has 0 radical (unpaired) electrons. The molecule has 8 heteroatoms. The van der Waals surface area contributed by atoms with E-state index >= 15 is 0 Å². The predicted octanol–water partition coefficient (Wildman–Crippen LogP) is 7.86. The van der Waals surface area contributed by atoms with Crippen molar-refractivity contribution in [1.29, 1.82) is 0 Å². The predicted molar refractivity (Wildman–Crippen MR) is 131 cm³/mol. The van der Waals surface area contributed by atoms with Gasteiger partial charge in [-0.3, -0.25) is 0 Å². The fourth-order valence-electron chi connectivity index (χ4n) is 3.43. The largest absolute Gasteiger partial charge is 0.573 e. The van der Waals surface area contributed by atoms with Crippen LogP contribution in [0.15, 0.2) is 63.7 Å². The normalized spacial score (nSPS) is 14.3. The van der Waals surface area contributed by atoms with Crippen LogP contribution in [-0.2, 0) is 6.54 Å². The number of hydrogen-bond donors (Lipinski definition) is 1. The van der Waals surface area contributed by atoms with Gasteiger partial charge in [-0.25, -0.2) is 9.97 Å². The molecule has 3 rings (SSSR count). The maximum atomic E-state index is 12.5. The molecule has 182 valence electrons. The Hall–Kier alpha value is -2.74. The Kier molecular flexibility index (Phi) is 8.47. The third-order valence-corrected chi connectivity index (χ3v) is 7.11. The highest BCUT2D eigenvalue weighted by Crippen LogP contribution is 2.35. The molecule has 2 aromatic rings. The number of nitrogens with zero attached hydrogens (tertiary/aromatic N) is 2. The lowest BCUT2D eigenvalue weighted by Crippen LogP contribution is -2.18. The fourth-order valence-corrected chi connectivity index (χ4v) is 4.44. The lowest BCUT2D eigenvalue weighted by molar-refractivity contribution is -0.274. The molecular weight excluding hydrogens is 459 g/mol. The molecule has 1 aromatic carbocycles. The smallest absolute Gasteiger partial charge is 0.406 e. The minimum atomic E-state index is -4.73. The zero-order valence-electron chi connectivity index (χ0n) is 20.0. The van der Waals surface area contributed by atoms with E-state index < -0.39 is 6.36 Å². The van der Waals surface area contributed by atoms with Gasteiger partial charge >= 0.3 is 6.36 Å². The van der Waals surface area contributed by atoms with Crippen LogP contribution >= 0.6 is 11.8 Å². The number of ether oxygens (including phenoxy) is 1. The van der Waals surface area contributed by atoms with Crippen molar-refractivity contribution in [3.8, 4) is 17.0 Å². The molecule has 1 saturated carbocycles. The molecule has 0 saturated heterocycles. The van der Waals surface area contributed by atoms with Gasteiger partial charge in [-0.2, -0.15) is 0 Å². The minimum absolute atomic E-state index is 0.264. The Bertz CT molecular complexity index is 1100. The molecule has 1 fully saturated rings. The van der Waals surface area contributed by atoms with E-state index in [1.165, 1.54) is 34.6 Å². The average Bonchev–Trinajstić information content (AvgIpc) is 2.75. The Morgan fingerprint density at radius 3 is 2.38 bits per heavy atom. The number of alkyl halides is 3. The Balaban J connectivity index is 1.97. The van der Waals surface area contributed by atoms with Crippen molar-refractivity contribution in [2.24, 2.45) is 0 Å². The first kappa shape index (κ1) is 25.9. The number of hydrogen-bond acceptors (Lipinski definition) is 5. The van der Waals surface area contributed by atoms with Crippen molar-refractivity contribution >= 4 is 11.8 Å². The van der Waals surface area contributed by atoms with Crippen molar-refractivity contribution in [2.45, 2.75) is 71.3 Å². The van der Waals surface area contributed by atoms with Crippen molar-refractivity contribution in [3.63, 3.8) is 0 Å². The molecule has 1 N–H and O–H groups in total. The number of rotatable bonds is 9. The van der Waals surface area contributed by atoms with E-state index in [2.05, 4.69) is 37.4 Å². The monoisotopic (exact) mass is 489 g/mol. The van der Waals surface area contributed by atoms with Gasteiger partial charge in [-0.05, 0) is 87.3 Å². The summed E-state index contributed by atoms with van der Waals surface area (Å²) in [7, 11) is 0. The molecule has 34 heavy (non-hydrogen) atoms. The molecule has 0 unspecified atom stereocenters. The highest BCUT2D eigenvalue weighted by Gasteiger charge is 2.31. The molecule has 0 bridgehead atoms. The first-order valence-corrected chi connectivity index (χ1v) is 12.1. The molecular formula is C26H30F3N3OS. The molecule has 0 aliphatic heterocycles. The molecule has 1 aliphatic carbocycles. The number of benzene rings is 1. The molecule has 1 aromatic heterocycles. The molecule has 4 nitrogen and oxygen atoms in total. The van der Waals surface area contributed by atoms with E-state index in [1.54, 1.807) is 23.9 Å². The lowest BCUT2D eigenvalue weighted by Gasteiger charge is -2.21. The summed E-state index contributed by atoms with van der Waals surface area (Å²) in [4.78, 5) is 10.8. The van der Waals surface area contributed by atoms with Crippen LogP contribution in [0.25, 0.3) is 11.3 Å². The molecule has 0 spiro atoms. The fraction of sp³-hybridized carbons (Fsp3) is 0.385.